The molecule has 2 aliphatic rings. The molecule has 2 aliphatic heterocycles. The van der Waals surface area contributed by atoms with Gasteiger partial charge in [0.1, 0.15) is 5.60 Å². The maximum atomic E-state index is 13.1. The number of nitriles is 1. The topological polar surface area (TPSA) is 131 Å². The molecule has 2 aromatic heterocycles. The number of urea groups is 1. The number of pyridine rings is 1. The van der Waals surface area contributed by atoms with Crippen LogP contribution in [-0.2, 0) is 16.9 Å². The molecule has 3 aromatic rings. The average molecular weight is 544 g/mol. The Labute approximate surface area is 221 Å². The smallest absolute Gasteiger partial charge is 0.387 e. The van der Waals surface area contributed by atoms with Crippen LogP contribution in [0.3, 0.4) is 0 Å². The summed E-state index contributed by atoms with van der Waals surface area (Å²) in [4.78, 5) is 18.8. The Morgan fingerprint density at radius 3 is 2.89 bits per heavy atom. The number of alkyl halides is 2. The predicted octanol–water partition coefficient (Wildman–Crippen LogP) is 4.06. The molecule has 0 aliphatic carbocycles. The first kappa shape index (κ1) is 25.7. The van der Waals surface area contributed by atoms with Gasteiger partial charge in [0, 0.05) is 29.7 Å². The Bertz CT molecular complexity index is 1430. The number of nitrogen functional groups attached to an aromatic ring is 1. The van der Waals surface area contributed by atoms with Crippen molar-refractivity contribution in [3.05, 3.63) is 58.4 Å². The average Bonchev–Trinajstić information content (AvgIpc) is 3.51. The van der Waals surface area contributed by atoms with Crippen LogP contribution in [0.5, 0.6) is 5.75 Å². The molecule has 2 atom stereocenters. The molecule has 10 nitrogen and oxygen atoms in total. The first-order valence-electron chi connectivity index (χ1n) is 11.9. The van der Waals surface area contributed by atoms with E-state index >= 15 is 0 Å². The number of fused-ring (bicyclic) bond motifs is 2. The number of ether oxygens (including phenoxy) is 2. The number of anilines is 1. The Hall–Kier alpha value is -3.95. The SMILES string of the molecule is CC(NC(=O)N1CCC2(C1)OCCn1nc(-c3cnc(N)c(OC(F)F)c3)cc12)c1ccc(C#N)cc1Cl. The molecule has 198 valence electrons. The molecule has 1 spiro atoms. The third-order valence-corrected chi connectivity index (χ3v) is 7.10. The third-order valence-electron chi connectivity index (χ3n) is 6.78. The highest BCUT2D eigenvalue weighted by atomic mass is 35.5. The molecule has 2 unspecified atom stereocenters. The number of rotatable bonds is 5. The number of likely N-dealkylation sites (tertiary alicyclic amines) is 1. The lowest BCUT2D eigenvalue weighted by atomic mass is 9.96. The standard InChI is InChI=1S/C25H24ClF2N7O3/c1-14(17-3-2-15(11-29)8-18(17)26)32-24(36)34-5-4-25(13-34)21-10-19(33-35(21)6-7-37-25)16-9-20(38-23(27)28)22(30)31-12-16/h2-3,8-10,12,14,23H,4-7,13H2,1H3,(H2,30,31)(H,32,36). The maximum Gasteiger partial charge on any atom is 0.387 e. The number of carbonyl (C=O) groups is 1. The minimum atomic E-state index is -3.03. The van der Waals surface area contributed by atoms with Crippen LogP contribution >= 0.6 is 11.6 Å². The number of carbonyl (C=O) groups excluding carboxylic acids is 1. The second-order valence-electron chi connectivity index (χ2n) is 9.16. The zero-order chi connectivity index (χ0) is 27.0. The zero-order valence-corrected chi connectivity index (χ0v) is 21.1. The molecular weight excluding hydrogens is 520 g/mol. The molecule has 0 bridgehead atoms. The highest BCUT2D eigenvalue weighted by molar-refractivity contribution is 6.31. The minimum absolute atomic E-state index is 0.146. The van der Waals surface area contributed by atoms with Gasteiger partial charge >= 0.3 is 12.6 Å². The number of hydrogen-bond acceptors (Lipinski definition) is 7. The van der Waals surface area contributed by atoms with Gasteiger partial charge in [-0.2, -0.15) is 19.1 Å². The number of nitrogens with two attached hydrogens (primary N) is 1. The first-order valence-corrected chi connectivity index (χ1v) is 12.2. The third kappa shape index (κ3) is 4.82. The van der Waals surface area contributed by atoms with E-state index in [-0.39, 0.29) is 23.6 Å². The van der Waals surface area contributed by atoms with Crippen LogP contribution in [0.15, 0.2) is 36.5 Å². The molecule has 1 aromatic carbocycles. The normalized spacial score (nSPS) is 19.3. The predicted molar refractivity (Wildman–Crippen MR) is 133 cm³/mol. The van der Waals surface area contributed by atoms with Gasteiger partial charge in [0.2, 0.25) is 0 Å². The van der Waals surface area contributed by atoms with E-state index in [1.165, 1.54) is 12.3 Å². The summed E-state index contributed by atoms with van der Waals surface area (Å²) in [7, 11) is 0. The van der Waals surface area contributed by atoms with E-state index in [1.807, 2.05) is 23.7 Å². The van der Waals surface area contributed by atoms with E-state index in [0.29, 0.717) is 60.1 Å². The van der Waals surface area contributed by atoms with Crippen LogP contribution in [0.2, 0.25) is 5.02 Å². The van der Waals surface area contributed by atoms with E-state index in [1.54, 1.807) is 23.1 Å². The van der Waals surface area contributed by atoms with Crippen molar-refractivity contribution < 1.29 is 23.0 Å². The fraction of sp³-hybridized carbons (Fsp3) is 0.360. The second-order valence-corrected chi connectivity index (χ2v) is 9.56. The van der Waals surface area contributed by atoms with Crippen LogP contribution in [-0.4, -0.2) is 52.0 Å². The Kier molecular flexibility index (Phi) is 6.81. The zero-order valence-electron chi connectivity index (χ0n) is 20.3. The molecule has 1 saturated heterocycles. The summed E-state index contributed by atoms with van der Waals surface area (Å²) in [6, 6.07) is 9.53. The molecule has 4 heterocycles. The van der Waals surface area contributed by atoms with Crippen molar-refractivity contribution in [1.29, 1.82) is 5.26 Å². The van der Waals surface area contributed by atoms with Gasteiger partial charge in [0.05, 0.1) is 48.8 Å². The summed E-state index contributed by atoms with van der Waals surface area (Å²) in [6.45, 7) is 0.448. The van der Waals surface area contributed by atoms with Crippen molar-refractivity contribution in [2.75, 3.05) is 25.4 Å². The van der Waals surface area contributed by atoms with E-state index in [2.05, 4.69) is 20.1 Å². The van der Waals surface area contributed by atoms with Crippen LogP contribution in [0.25, 0.3) is 11.3 Å². The van der Waals surface area contributed by atoms with Gasteiger partial charge in [-0.05, 0) is 36.8 Å². The van der Waals surface area contributed by atoms with E-state index < -0.39 is 12.2 Å². The maximum absolute atomic E-state index is 13.1. The lowest BCUT2D eigenvalue weighted by Crippen LogP contribution is -2.44. The second kappa shape index (κ2) is 10.1. The molecule has 2 amide bonds. The molecule has 0 radical (unpaired) electrons. The fourth-order valence-electron chi connectivity index (χ4n) is 4.87. The van der Waals surface area contributed by atoms with Gasteiger partial charge in [0.25, 0.3) is 0 Å². The monoisotopic (exact) mass is 543 g/mol. The summed E-state index contributed by atoms with van der Waals surface area (Å²) >= 11 is 6.31. The minimum Gasteiger partial charge on any atom is -0.431 e. The summed E-state index contributed by atoms with van der Waals surface area (Å²) in [6.07, 6.45) is 2.00. The molecule has 38 heavy (non-hydrogen) atoms. The van der Waals surface area contributed by atoms with Gasteiger partial charge in [-0.15, -0.1) is 0 Å². The highest BCUT2D eigenvalue weighted by Gasteiger charge is 2.47. The van der Waals surface area contributed by atoms with Gasteiger partial charge in [-0.1, -0.05) is 17.7 Å². The molecule has 5 rings (SSSR count). The molecule has 3 N–H and O–H groups in total. The number of halogens is 3. The Morgan fingerprint density at radius 1 is 1.34 bits per heavy atom. The number of aromatic nitrogens is 3. The summed E-state index contributed by atoms with van der Waals surface area (Å²) < 4.78 is 38.0. The quantitative estimate of drug-likeness (QED) is 0.496. The highest BCUT2D eigenvalue weighted by Crippen LogP contribution is 2.40. The molecular formula is C25H24ClF2N7O3. The Balaban J connectivity index is 1.33. The number of amides is 2. The van der Waals surface area contributed by atoms with Crippen molar-refractivity contribution in [3.63, 3.8) is 0 Å². The Morgan fingerprint density at radius 2 is 2.16 bits per heavy atom. The van der Waals surface area contributed by atoms with Gasteiger partial charge in [0.15, 0.2) is 11.6 Å². The van der Waals surface area contributed by atoms with Gasteiger partial charge in [-0.25, -0.2) is 9.78 Å². The largest absolute Gasteiger partial charge is 0.431 e. The van der Waals surface area contributed by atoms with Crippen molar-refractivity contribution in [2.45, 2.75) is 38.1 Å². The summed E-state index contributed by atoms with van der Waals surface area (Å²) in [5, 5.41) is 17.0. The van der Waals surface area contributed by atoms with Gasteiger partial charge < -0.3 is 25.4 Å². The van der Waals surface area contributed by atoms with Crippen LogP contribution < -0.4 is 15.8 Å². The summed E-state index contributed by atoms with van der Waals surface area (Å²) in [5.41, 5.74) is 7.80. The van der Waals surface area contributed by atoms with Crippen LogP contribution in [0.4, 0.5) is 19.4 Å². The number of benzene rings is 1. The number of nitrogens with zero attached hydrogens (tertiary/aromatic N) is 5. The van der Waals surface area contributed by atoms with Crippen molar-refractivity contribution in [1.82, 2.24) is 25.0 Å². The van der Waals surface area contributed by atoms with E-state index in [0.717, 1.165) is 5.69 Å². The van der Waals surface area contributed by atoms with Crippen molar-refractivity contribution in [2.24, 2.45) is 0 Å². The number of nitrogens with one attached hydrogen (secondary N) is 1. The fourth-order valence-corrected chi connectivity index (χ4v) is 5.21. The molecule has 0 saturated carbocycles. The lowest BCUT2D eigenvalue weighted by molar-refractivity contribution is -0.0701. The number of hydrogen-bond donors (Lipinski definition) is 2. The van der Waals surface area contributed by atoms with Crippen LogP contribution in [0.1, 0.15) is 36.2 Å². The first-order chi connectivity index (χ1) is 18.2. The van der Waals surface area contributed by atoms with Crippen LogP contribution in [0, 0.1) is 11.3 Å². The summed E-state index contributed by atoms with van der Waals surface area (Å²) in [5.74, 6) is -0.374. The lowest BCUT2D eigenvalue weighted by Gasteiger charge is -2.34. The van der Waals surface area contributed by atoms with Crippen molar-refractivity contribution in [3.8, 4) is 23.1 Å². The molecule has 13 heteroatoms. The van der Waals surface area contributed by atoms with E-state index in [4.69, 9.17) is 27.3 Å². The van der Waals surface area contributed by atoms with Gasteiger partial charge in [-0.3, -0.25) is 4.68 Å². The molecule has 1 fully saturated rings. The van der Waals surface area contributed by atoms with E-state index in [9.17, 15) is 13.6 Å². The van der Waals surface area contributed by atoms with Crippen molar-refractivity contribution >= 4 is 23.4 Å².